The number of aromatic nitrogens is 3. The average Bonchev–Trinajstić information content (AvgIpc) is 2.68. The maximum absolute atomic E-state index is 12.2. The van der Waals surface area contributed by atoms with Crippen molar-refractivity contribution in [3.8, 4) is 0 Å². The molecule has 2 rings (SSSR count). The van der Waals surface area contributed by atoms with E-state index in [1.165, 1.54) is 11.8 Å². The second-order valence-corrected chi connectivity index (χ2v) is 6.91. The lowest BCUT2D eigenvalue weighted by Crippen LogP contribution is -2.15. The number of amides is 2. The quantitative estimate of drug-likeness (QED) is 0.674. The van der Waals surface area contributed by atoms with Crippen LogP contribution in [0.25, 0.3) is 0 Å². The van der Waals surface area contributed by atoms with Crippen molar-refractivity contribution in [3.05, 3.63) is 35.2 Å². The Balaban J connectivity index is 1.94. The van der Waals surface area contributed by atoms with Crippen LogP contribution >= 0.6 is 11.8 Å². The van der Waals surface area contributed by atoms with Crippen molar-refractivity contribution in [2.24, 2.45) is 0 Å². The largest absolute Gasteiger partial charge is 0.326 e. The van der Waals surface area contributed by atoms with Crippen molar-refractivity contribution in [3.63, 3.8) is 0 Å². The molecule has 0 aliphatic heterocycles. The predicted octanol–water partition coefficient (Wildman–Crippen LogP) is 3.38. The zero-order valence-corrected chi connectivity index (χ0v) is 16.9. The van der Waals surface area contributed by atoms with Gasteiger partial charge in [-0.05, 0) is 43.5 Å². The SMILES string of the molecule is CCC(=O)Nc1ccc(NC(=O)CSc2nnc(CC)c(CC)n2)cc1C. The van der Waals surface area contributed by atoms with Crippen molar-refractivity contribution < 1.29 is 9.59 Å². The first-order chi connectivity index (χ1) is 13.0. The van der Waals surface area contributed by atoms with Gasteiger partial charge in [-0.1, -0.05) is 32.5 Å². The molecule has 0 saturated heterocycles. The summed E-state index contributed by atoms with van der Waals surface area (Å²) < 4.78 is 0. The van der Waals surface area contributed by atoms with Gasteiger partial charge in [0.15, 0.2) is 0 Å². The topological polar surface area (TPSA) is 96.9 Å². The molecular weight excluding hydrogens is 362 g/mol. The minimum atomic E-state index is -0.147. The second-order valence-electron chi connectivity index (χ2n) is 5.96. The first-order valence-corrected chi connectivity index (χ1v) is 10.0. The summed E-state index contributed by atoms with van der Waals surface area (Å²) in [5, 5.41) is 14.4. The molecule has 1 aromatic carbocycles. The highest BCUT2D eigenvalue weighted by Gasteiger charge is 2.10. The van der Waals surface area contributed by atoms with E-state index in [4.69, 9.17) is 0 Å². The number of nitrogens with one attached hydrogen (secondary N) is 2. The molecule has 1 heterocycles. The van der Waals surface area contributed by atoms with Gasteiger partial charge < -0.3 is 10.6 Å². The van der Waals surface area contributed by atoms with Crippen LogP contribution < -0.4 is 10.6 Å². The van der Waals surface area contributed by atoms with Gasteiger partial charge in [-0.25, -0.2) is 4.98 Å². The van der Waals surface area contributed by atoms with Gasteiger partial charge in [-0.3, -0.25) is 9.59 Å². The minimum absolute atomic E-state index is 0.0413. The van der Waals surface area contributed by atoms with Crippen molar-refractivity contribution in [2.45, 2.75) is 52.1 Å². The number of rotatable bonds is 8. The summed E-state index contributed by atoms with van der Waals surface area (Å²) in [5.41, 5.74) is 4.14. The summed E-state index contributed by atoms with van der Waals surface area (Å²) in [6.07, 6.45) is 2.01. The summed E-state index contributed by atoms with van der Waals surface area (Å²) in [6.45, 7) is 7.73. The molecule has 8 heteroatoms. The predicted molar refractivity (Wildman–Crippen MR) is 108 cm³/mol. The number of hydrogen-bond donors (Lipinski definition) is 2. The van der Waals surface area contributed by atoms with Crippen LogP contribution in [-0.2, 0) is 22.4 Å². The van der Waals surface area contributed by atoms with Gasteiger partial charge in [0, 0.05) is 17.8 Å². The van der Waals surface area contributed by atoms with E-state index >= 15 is 0 Å². The standard InChI is InChI=1S/C19H25N5O2S/c1-5-14-15(6-2)23-24-19(22-14)27-11-18(26)20-13-8-9-16(12(4)10-13)21-17(25)7-3/h8-10H,5-7,11H2,1-4H3,(H,20,26)(H,21,25). The third-order valence-electron chi connectivity index (χ3n) is 3.93. The van der Waals surface area contributed by atoms with Gasteiger partial charge in [-0.15, -0.1) is 5.10 Å². The molecule has 0 saturated carbocycles. The molecule has 0 unspecified atom stereocenters. The summed E-state index contributed by atoms with van der Waals surface area (Å²) in [4.78, 5) is 28.2. The van der Waals surface area contributed by atoms with Gasteiger partial charge in [0.2, 0.25) is 17.0 Å². The number of nitrogens with zero attached hydrogens (tertiary/aromatic N) is 3. The fraction of sp³-hybridized carbons (Fsp3) is 0.421. The van der Waals surface area contributed by atoms with Gasteiger partial charge >= 0.3 is 0 Å². The molecule has 0 spiro atoms. The second kappa shape index (κ2) is 10.0. The summed E-state index contributed by atoms with van der Waals surface area (Å²) in [7, 11) is 0. The fourth-order valence-electron chi connectivity index (χ4n) is 2.43. The third kappa shape index (κ3) is 6.02. The monoisotopic (exact) mass is 387 g/mol. The van der Waals surface area contributed by atoms with E-state index in [2.05, 4.69) is 25.8 Å². The fourth-order valence-corrected chi connectivity index (χ4v) is 3.04. The molecule has 0 aliphatic carbocycles. The van der Waals surface area contributed by atoms with Crippen LogP contribution in [0.15, 0.2) is 23.4 Å². The van der Waals surface area contributed by atoms with E-state index in [-0.39, 0.29) is 17.6 Å². The highest BCUT2D eigenvalue weighted by Crippen LogP contribution is 2.21. The van der Waals surface area contributed by atoms with Gasteiger partial charge in [0.25, 0.3) is 0 Å². The normalized spacial score (nSPS) is 10.5. The molecule has 7 nitrogen and oxygen atoms in total. The Labute approximate surface area is 163 Å². The Hall–Kier alpha value is -2.48. The lowest BCUT2D eigenvalue weighted by Gasteiger charge is -2.11. The molecule has 2 aromatic rings. The summed E-state index contributed by atoms with van der Waals surface area (Å²) >= 11 is 1.26. The number of anilines is 2. The van der Waals surface area contributed by atoms with E-state index in [9.17, 15) is 9.59 Å². The Morgan fingerprint density at radius 2 is 1.74 bits per heavy atom. The summed E-state index contributed by atoms with van der Waals surface area (Å²) in [6, 6.07) is 5.39. The average molecular weight is 388 g/mol. The van der Waals surface area contributed by atoms with Crippen LogP contribution in [-0.4, -0.2) is 32.7 Å². The van der Waals surface area contributed by atoms with Gasteiger partial charge in [-0.2, -0.15) is 5.10 Å². The van der Waals surface area contributed by atoms with Crippen molar-refractivity contribution in [1.29, 1.82) is 0 Å². The molecule has 0 fully saturated rings. The number of benzene rings is 1. The Bertz CT molecular complexity index is 826. The Morgan fingerprint density at radius 3 is 2.37 bits per heavy atom. The highest BCUT2D eigenvalue weighted by molar-refractivity contribution is 7.99. The van der Waals surface area contributed by atoms with E-state index in [1.54, 1.807) is 19.1 Å². The van der Waals surface area contributed by atoms with Crippen LogP contribution in [0.2, 0.25) is 0 Å². The Morgan fingerprint density at radius 1 is 1.00 bits per heavy atom. The van der Waals surface area contributed by atoms with Crippen LogP contribution in [0.4, 0.5) is 11.4 Å². The van der Waals surface area contributed by atoms with Crippen LogP contribution in [0, 0.1) is 6.92 Å². The van der Waals surface area contributed by atoms with Gasteiger partial charge in [0.05, 0.1) is 17.1 Å². The van der Waals surface area contributed by atoms with Crippen LogP contribution in [0.3, 0.4) is 0 Å². The van der Waals surface area contributed by atoms with E-state index < -0.39 is 0 Å². The minimum Gasteiger partial charge on any atom is -0.326 e. The van der Waals surface area contributed by atoms with Crippen molar-refractivity contribution in [2.75, 3.05) is 16.4 Å². The third-order valence-corrected chi connectivity index (χ3v) is 4.77. The Kier molecular flexibility index (Phi) is 7.72. The smallest absolute Gasteiger partial charge is 0.234 e. The zero-order valence-electron chi connectivity index (χ0n) is 16.1. The van der Waals surface area contributed by atoms with Crippen molar-refractivity contribution >= 4 is 35.0 Å². The lowest BCUT2D eigenvalue weighted by molar-refractivity contribution is -0.116. The van der Waals surface area contributed by atoms with Crippen LogP contribution in [0.5, 0.6) is 0 Å². The maximum Gasteiger partial charge on any atom is 0.234 e. The first-order valence-electron chi connectivity index (χ1n) is 9.02. The molecule has 2 N–H and O–H groups in total. The highest BCUT2D eigenvalue weighted by atomic mass is 32.2. The molecule has 0 atom stereocenters. The molecular formula is C19H25N5O2S. The van der Waals surface area contributed by atoms with E-state index in [0.717, 1.165) is 35.5 Å². The van der Waals surface area contributed by atoms with Crippen molar-refractivity contribution in [1.82, 2.24) is 15.2 Å². The molecule has 144 valence electrons. The molecule has 2 amide bonds. The van der Waals surface area contributed by atoms with E-state index in [1.807, 2.05) is 26.8 Å². The number of aryl methyl sites for hydroxylation is 3. The molecule has 27 heavy (non-hydrogen) atoms. The number of carbonyl (C=O) groups excluding carboxylic acids is 2. The molecule has 0 radical (unpaired) electrons. The van der Waals surface area contributed by atoms with E-state index in [0.29, 0.717) is 17.3 Å². The summed E-state index contributed by atoms with van der Waals surface area (Å²) in [5.74, 6) is 0.00957. The molecule has 0 aliphatic rings. The maximum atomic E-state index is 12.2. The first kappa shape index (κ1) is 20.8. The number of hydrogen-bond acceptors (Lipinski definition) is 6. The number of carbonyl (C=O) groups is 2. The van der Waals surface area contributed by atoms with Crippen LogP contribution in [0.1, 0.15) is 44.1 Å². The molecule has 1 aromatic heterocycles. The van der Waals surface area contributed by atoms with Gasteiger partial charge in [0.1, 0.15) is 0 Å². The lowest BCUT2D eigenvalue weighted by atomic mass is 10.1. The zero-order chi connectivity index (χ0) is 19.8. The molecule has 0 bridgehead atoms. The number of thioether (sulfide) groups is 1.